The molecule has 1 fully saturated rings. The molecule has 3 rings (SSSR count). The van der Waals surface area contributed by atoms with Gasteiger partial charge in [-0.2, -0.15) is 0 Å². The predicted molar refractivity (Wildman–Crippen MR) is 78.5 cm³/mol. The van der Waals surface area contributed by atoms with E-state index in [0.29, 0.717) is 0 Å². The summed E-state index contributed by atoms with van der Waals surface area (Å²) >= 11 is 0. The molecule has 1 saturated heterocycles. The summed E-state index contributed by atoms with van der Waals surface area (Å²) in [7, 11) is 0. The first kappa shape index (κ1) is 13.5. The van der Waals surface area contributed by atoms with Crippen molar-refractivity contribution in [3.63, 3.8) is 0 Å². The fourth-order valence-electron chi connectivity index (χ4n) is 2.68. The van der Waals surface area contributed by atoms with Crippen molar-refractivity contribution in [3.8, 4) is 0 Å². The van der Waals surface area contributed by atoms with E-state index in [4.69, 9.17) is 4.74 Å². The molecule has 0 bridgehead atoms. The monoisotopic (exact) mass is 272 g/mol. The van der Waals surface area contributed by atoms with Crippen LogP contribution in [0, 0.1) is 0 Å². The van der Waals surface area contributed by atoms with Gasteiger partial charge in [0.15, 0.2) is 0 Å². The number of nitrogens with zero attached hydrogens (tertiary/aromatic N) is 1. The molecule has 4 heteroatoms. The molecule has 0 spiro atoms. The van der Waals surface area contributed by atoms with Crippen molar-refractivity contribution in [2.45, 2.75) is 25.0 Å². The minimum absolute atomic E-state index is 0.0520. The Morgan fingerprint density at radius 1 is 1.40 bits per heavy atom. The van der Waals surface area contributed by atoms with Crippen LogP contribution in [0.3, 0.4) is 0 Å². The summed E-state index contributed by atoms with van der Waals surface area (Å²) in [5.41, 5.74) is 2.07. The second-order valence-corrected chi connectivity index (χ2v) is 5.23. The zero-order chi connectivity index (χ0) is 13.8. The van der Waals surface area contributed by atoms with Crippen LogP contribution >= 0.6 is 0 Å². The molecule has 2 aromatic rings. The SMILES string of the molecule is OCC(NCC1CCCO1)c1ccc2ncccc2c1. The van der Waals surface area contributed by atoms with Crippen molar-refractivity contribution in [2.24, 2.45) is 0 Å². The van der Waals surface area contributed by atoms with Gasteiger partial charge in [-0.1, -0.05) is 12.1 Å². The van der Waals surface area contributed by atoms with E-state index in [1.807, 2.05) is 24.3 Å². The number of hydrogen-bond acceptors (Lipinski definition) is 4. The molecule has 0 saturated carbocycles. The Labute approximate surface area is 118 Å². The Morgan fingerprint density at radius 3 is 3.15 bits per heavy atom. The van der Waals surface area contributed by atoms with E-state index in [2.05, 4.69) is 16.4 Å². The molecule has 4 nitrogen and oxygen atoms in total. The normalized spacial score (nSPS) is 20.4. The highest BCUT2D eigenvalue weighted by molar-refractivity contribution is 5.79. The Morgan fingerprint density at radius 2 is 2.35 bits per heavy atom. The molecule has 0 radical (unpaired) electrons. The van der Waals surface area contributed by atoms with Crippen molar-refractivity contribution in [2.75, 3.05) is 19.8 Å². The molecule has 1 aliphatic rings. The van der Waals surface area contributed by atoms with Crippen molar-refractivity contribution in [1.29, 1.82) is 0 Å². The second-order valence-electron chi connectivity index (χ2n) is 5.23. The second kappa shape index (κ2) is 6.31. The van der Waals surface area contributed by atoms with Gasteiger partial charge in [0.05, 0.1) is 24.3 Å². The predicted octanol–water partition coefficient (Wildman–Crippen LogP) is 2.04. The highest BCUT2D eigenvalue weighted by Gasteiger charge is 2.18. The number of aromatic nitrogens is 1. The van der Waals surface area contributed by atoms with Gasteiger partial charge in [-0.25, -0.2) is 0 Å². The van der Waals surface area contributed by atoms with Crippen LogP contribution in [-0.4, -0.2) is 36.0 Å². The minimum atomic E-state index is -0.0520. The lowest BCUT2D eigenvalue weighted by atomic mass is 10.0. The number of rotatable bonds is 5. The van der Waals surface area contributed by atoms with E-state index in [0.717, 1.165) is 42.5 Å². The first-order valence-corrected chi connectivity index (χ1v) is 7.17. The van der Waals surface area contributed by atoms with Crippen LogP contribution in [0.2, 0.25) is 0 Å². The molecule has 0 aliphatic carbocycles. The lowest BCUT2D eigenvalue weighted by molar-refractivity contribution is 0.104. The van der Waals surface area contributed by atoms with Crippen LogP contribution in [-0.2, 0) is 4.74 Å². The van der Waals surface area contributed by atoms with Crippen molar-refractivity contribution in [3.05, 3.63) is 42.1 Å². The quantitative estimate of drug-likeness (QED) is 0.874. The van der Waals surface area contributed by atoms with Gasteiger partial charge in [-0.3, -0.25) is 4.98 Å². The molecule has 2 heterocycles. The van der Waals surface area contributed by atoms with Crippen LogP contribution in [0.4, 0.5) is 0 Å². The van der Waals surface area contributed by atoms with Gasteiger partial charge in [0.1, 0.15) is 0 Å². The van der Waals surface area contributed by atoms with Gasteiger partial charge in [-0.15, -0.1) is 0 Å². The molecular formula is C16H20N2O2. The largest absolute Gasteiger partial charge is 0.394 e. The van der Waals surface area contributed by atoms with Crippen LogP contribution in [0.25, 0.3) is 10.9 Å². The molecule has 1 aromatic heterocycles. The third-order valence-electron chi connectivity index (χ3n) is 3.83. The number of aliphatic hydroxyl groups excluding tert-OH is 1. The molecule has 1 aliphatic heterocycles. The molecule has 2 atom stereocenters. The van der Waals surface area contributed by atoms with Gasteiger partial charge in [0.2, 0.25) is 0 Å². The fraction of sp³-hybridized carbons (Fsp3) is 0.438. The van der Waals surface area contributed by atoms with Crippen LogP contribution in [0.15, 0.2) is 36.5 Å². The minimum Gasteiger partial charge on any atom is -0.394 e. The summed E-state index contributed by atoms with van der Waals surface area (Å²) in [6.07, 6.45) is 4.32. The van der Waals surface area contributed by atoms with E-state index in [1.165, 1.54) is 0 Å². The Hall–Kier alpha value is -1.49. The van der Waals surface area contributed by atoms with Crippen LogP contribution in [0.1, 0.15) is 24.4 Å². The number of nitrogens with one attached hydrogen (secondary N) is 1. The van der Waals surface area contributed by atoms with E-state index in [1.54, 1.807) is 6.20 Å². The number of pyridine rings is 1. The number of hydrogen-bond donors (Lipinski definition) is 2. The lowest BCUT2D eigenvalue weighted by Gasteiger charge is -2.19. The van der Waals surface area contributed by atoms with Crippen molar-refractivity contribution >= 4 is 10.9 Å². The average Bonchev–Trinajstić information content (AvgIpc) is 3.01. The van der Waals surface area contributed by atoms with E-state index < -0.39 is 0 Å². The first-order valence-electron chi connectivity index (χ1n) is 7.17. The van der Waals surface area contributed by atoms with Crippen molar-refractivity contribution in [1.82, 2.24) is 10.3 Å². The van der Waals surface area contributed by atoms with Gasteiger partial charge in [0.25, 0.3) is 0 Å². The van der Waals surface area contributed by atoms with Gasteiger partial charge in [-0.05, 0) is 36.6 Å². The smallest absolute Gasteiger partial charge is 0.0702 e. The lowest BCUT2D eigenvalue weighted by Crippen LogP contribution is -2.31. The summed E-state index contributed by atoms with van der Waals surface area (Å²) in [4.78, 5) is 4.31. The summed E-state index contributed by atoms with van der Waals surface area (Å²) in [5.74, 6) is 0. The Balaban J connectivity index is 1.72. The summed E-state index contributed by atoms with van der Waals surface area (Å²) in [5, 5.41) is 14.1. The zero-order valence-electron chi connectivity index (χ0n) is 11.5. The maximum Gasteiger partial charge on any atom is 0.0702 e. The number of benzene rings is 1. The molecule has 1 aromatic carbocycles. The molecule has 2 unspecified atom stereocenters. The van der Waals surface area contributed by atoms with Gasteiger partial charge in [0, 0.05) is 24.7 Å². The van der Waals surface area contributed by atoms with Crippen molar-refractivity contribution < 1.29 is 9.84 Å². The summed E-state index contributed by atoms with van der Waals surface area (Å²) in [6, 6.07) is 10.0. The number of ether oxygens (including phenoxy) is 1. The summed E-state index contributed by atoms with van der Waals surface area (Å²) in [6.45, 7) is 1.73. The van der Waals surface area contributed by atoms with E-state index >= 15 is 0 Å². The Kier molecular flexibility index (Phi) is 4.25. The third-order valence-corrected chi connectivity index (χ3v) is 3.83. The number of fused-ring (bicyclic) bond motifs is 1. The molecular weight excluding hydrogens is 252 g/mol. The van der Waals surface area contributed by atoms with E-state index in [-0.39, 0.29) is 18.8 Å². The molecule has 2 N–H and O–H groups in total. The highest BCUT2D eigenvalue weighted by Crippen LogP contribution is 2.20. The highest BCUT2D eigenvalue weighted by atomic mass is 16.5. The topological polar surface area (TPSA) is 54.4 Å². The Bertz CT molecular complexity index is 567. The number of aliphatic hydroxyl groups is 1. The first-order chi connectivity index (χ1) is 9.86. The standard InChI is InChI=1S/C16H20N2O2/c19-11-16(18-10-14-4-2-8-20-14)13-5-6-15-12(9-13)3-1-7-17-15/h1,3,5-7,9,14,16,18-19H,2,4,8,10-11H2. The van der Waals surface area contributed by atoms with Gasteiger partial charge < -0.3 is 15.2 Å². The molecule has 106 valence electrons. The fourth-order valence-corrected chi connectivity index (χ4v) is 2.68. The molecule has 0 amide bonds. The third kappa shape index (κ3) is 2.98. The van der Waals surface area contributed by atoms with Crippen LogP contribution in [0.5, 0.6) is 0 Å². The average molecular weight is 272 g/mol. The van der Waals surface area contributed by atoms with Crippen LogP contribution < -0.4 is 5.32 Å². The molecule has 20 heavy (non-hydrogen) atoms. The zero-order valence-corrected chi connectivity index (χ0v) is 11.5. The maximum atomic E-state index is 9.61. The van der Waals surface area contributed by atoms with Gasteiger partial charge >= 0.3 is 0 Å². The van der Waals surface area contributed by atoms with E-state index in [9.17, 15) is 5.11 Å². The maximum absolute atomic E-state index is 9.61. The summed E-state index contributed by atoms with van der Waals surface area (Å²) < 4.78 is 5.60.